The van der Waals surface area contributed by atoms with Crippen LogP contribution in [0.3, 0.4) is 0 Å². The number of aliphatic imine (C=N–C) groups is 1. The van der Waals surface area contributed by atoms with Crippen molar-refractivity contribution in [1.82, 2.24) is 0 Å². The zero-order chi connectivity index (χ0) is 17.2. The van der Waals surface area contributed by atoms with E-state index in [-0.39, 0.29) is 15.7 Å². The van der Waals surface area contributed by atoms with Gasteiger partial charge in [-0.2, -0.15) is 0 Å². The molecule has 24 heavy (non-hydrogen) atoms. The molecule has 0 saturated carbocycles. The molecule has 1 heterocycles. The summed E-state index contributed by atoms with van der Waals surface area (Å²) in [5.41, 5.74) is 6.60. The zero-order valence-corrected chi connectivity index (χ0v) is 14.3. The SMILES string of the molecule is CC(N)=NCC1CCOc2cc(S(=O)(=O)c3ccccc3)ccc21. The number of hydrogen-bond acceptors (Lipinski definition) is 4. The van der Waals surface area contributed by atoms with Crippen molar-refractivity contribution in [1.29, 1.82) is 0 Å². The molecule has 0 aromatic heterocycles. The second kappa shape index (κ2) is 6.65. The van der Waals surface area contributed by atoms with Gasteiger partial charge in [-0.05, 0) is 43.2 Å². The first-order chi connectivity index (χ1) is 11.5. The molecule has 2 N–H and O–H groups in total. The Balaban J connectivity index is 1.96. The average molecular weight is 344 g/mol. The van der Waals surface area contributed by atoms with Crippen LogP contribution in [0.1, 0.15) is 24.8 Å². The third-order valence-electron chi connectivity index (χ3n) is 4.07. The molecule has 0 saturated heterocycles. The summed E-state index contributed by atoms with van der Waals surface area (Å²) < 4.78 is 31.1. The topological polar surface area (TPSA) is 81.8 Å². The van der Waals surface area contributed by atoms with E-state index in [0.29, 0.717) is 24.7 Å². The van der Waals surface area contributed by atoms with Crippen molar-refractivity contribution in [3.05, 3.63) is 54.1 Å². The Bertz CT molecular complexity index is 857. The Morgan fingerprint density at radius 1 is 1.21 bits per heavy atom. The third kappa shape index (κ3) is 3.28. The highest BCUT2D eigenvalue weighted by Gasteiger charge is 2.25. The smallest absolute Gasteiger partial charge is 0.206 e. The summed E-state index contributed by atoms with van der Waals surface area (Å²) in [4.78, 5) is 4.81. The second-order valence-corrected chi connectivity index (χ2v) is 7.78. The summed E-state index contributed by atoms with van der Waals surface area (Å²) >= 11 is 0. The lowest BCUT2D eigenvalue weighted by Crippen LogP contribution is -2.18. The molecule has 0 aliphatic carbocycles. The number of rotatable bonds is 4. The van der Waals surface area contributed by atoms with E-state index in [1.165, 1.54) is 0 Å². The van der Waals surface area contributed by atoms with E-state index >= 15 is 0 Å². The maximum atomic E-state index is 12.7. The molecule has 2 aromatic rings. The number of benzene rings is 2. The van der Waals surface area contributed by atoms with E-state index in [1.807, 2.05) is 6.07 Å². The van der Waals surface area contributed by atoms with Gasteiger partial charge in [-0.3, -0.25) is 4.99 Å². The normalized spacial score (nSPS) is 17.9. The van der Waals surface area contributed by atoms with Crippen molar-refractivity contribution in [2.45, 2.75) is 29.1 Å². The zero-order valence-electron chi connectivity index (χ0n) is 13.5. The number of fused-ring (bicyclic) bond motifs is 1. The molecule has 0 radical (unpaired) electrons. The van der Waals surface area contributed by atoms with Crippen molar-refractivity contribution in [2.24, 2.45) is 10.7 Å². The lowest BCUT2D eigenvalue weighted by molar-refractivity contribution is 0.268. The van der Waals surface area contributed by atoms with Crippen molar-refractivity contribution in [2.75, 3.05) is 13.2 Å². The first-order valence-electron chi connectivity index (χ1n) is 7.82. The first-order valence-corrected chi connectivity index (χ1v) is 9.30. The Morgan fingerprint density at radius 3 is 2.67 bits per heavy atom. The van der Waals surface area contributed by atoms with Gasteiger partial charge in [0, 0.05) is 12.5 Å². The minimum absolute atomic E-state index is 0.195. The lowest BCUT2D eigenvalue weighted by Gasteiger charge is -2.25. The van der Waals surface area contributed by atoms with Crippen LogP contribution < -0.4 is 10.5 Å². The van der Waals surface area contributed by atoms with Crippen molar-refractivity contribution in [3.63, 3.8) is 0 Å². The molecule has 1 atom stereocenters. The molecule has 5 nitrogen and oxygen atoms in total. The largest absolute Gasteiger partial charge is 0.493 e. The van der Waals surface area contributed by atoms with Gasteiger partial charge in [0.1, 0.15) is 5.75 Å². The highest BCUT2D eigenvalue weighted by Crippen LogP contribution is 2.36. The maximum absolute atomic E-state index is 12.7. The fourth-order valence-corrected chi connectivity index (χ4v) is 4.09. The fraction of sp³-hybridized carbons (Fsp3) is 0.278. The van der Waals surface area contributed by atoms with Crippen LogP contribution in [0.2, 0.25) is 0 Å². The summed E-state index contributed by atoms with van der Waals surface area (Å²) in [7, 11) is -3.54. The summed E-state index contributed by atoms with van der Waals surface area (Å²) in [6.45, 7) is 2.89. The number of ether oxygens (including phenoxy) is 1. The van der Waals surface area contributed by atoms with Crippen LogP contribution in [0.4, 0.5) is 0 Å². The number of nitrogens with two attached hydrogens (primary N) is 1. The molecular weight excluding hydrogens is 324 g/mol. The highest BCUT2D eigenvalue weighted by atomic mass is 32.2. The summed E-state index contributed by atoms with van der Waals surface area (Å²) in [6, 6.07) is 13.5. The summed E-state index contributed by atoms with van der Waals surface area (Å²) in [5, 5.41) is 0. The average Bonchev–Trinajstić information content (AvgIpc) is 2.60. The minimum atomic E-state index is -3.54. The molecule has 1 aliphatic heterocycles. The van der Waals surface area contributed by atoms with Gasteiger partial charge < -0.3 is 10.5 Å². The van der Waals surface area contributed by atoms with Crippen molar-refractivity contribution >= 4 is 15.7 Å². The molecule has 6 heteroatoms. The van der Waals surface area contributed by atoms with Gasteiger partial charge in [0.05, 0.1) is 22.2 Å². The predicted molar refractivity (Wildman–Crippen MR) is 93.4 cm³/mol. The lowest BCUT2D eigenvalue weighted by atomic mass is 9.93. The molecule has 0 fully saturated rings. The Morgan fingerprint density at radius 2 is 1.96 bits per heavy atom. The van der Waals surface area contributed by atoms with Gasteiger partial charge in [-0.25, -0.2) is 8.42 Å². The van der Waals surface area contributed by atoms with Crippen LogP contribution in [0.15, 0.2) is 63.3 Å². The highest BCUT2D eigenvalue weighted by molar-refractivity contribution is 7.91. The van der Waals surface area contributed by atoms with Gasteiger partial charge in [-0.1, -0.05) is 24.3 Å². The van der Waals surface area contributed by atoms with Crippen molar-refractivity contribution < 1.29 is 13.2 Å². The number of amidine groups is 1. The van der Waals surface area contributed by atoms with Crippen LogP contribution in [0.25, 0.3) is 0 Å². The third-order valence-corrected chi connectivity index (χ3v) is 5.84. The van der Waals surface area contributed by atoms with Gasteiger partial charge >= 0.3 is 0 Å². The maximum Gasteiger partial charge on any atom is 0.206 e. The second-order valence-electron chi connectivity index (χ2n) is 5.83. The van der Waals surface area contributed by atoms with Crippen molar-refractivity contribution in [3.8, 4) is 5.75 Å². The molecule has 1 aliphatic rings. The van der Waals surface area contributed by atoms with E-state index in [0.717, 1.165) is 12.0 Å². The van der Waals surface area contributed by atoms with E-state index in [1.54, 1.807) is 49.4 Å². The monoisotopic (exact) mass is 344 g/mol. The Hall–Kier alpha value is -2.34. The van der Waals surface area contributed by atoms with E-state index in [4.69, 9.17) is 10.5 Å². The quantitative estimate of drug-likeness (QED) is 0.683. The van der Waals surface area contributed by atoms with Gasteiger partial charge in [0.25, 0.3) is 0 Å². The van der Waals surface area contributed by atoms with Gasteiger partial charge in [-0.15, -0.1) is 0 Å². The van der Waals surface area contributed by atoms with Crippen LogP contribution in [0.5, 0.6) is 5.75 Å². The number of hydrogen-bond donors (Lipinski definition) is 1. The minimum Gasteiger partial charge on any atom is -0.493 e. The molecule has 126 valence electrons. The number of sulfone groups is 1. The standard InChI is InChI=1S/C18H20N2O3S/c1-13(19)20-12-14-9-10-23-18-11-16(7-8-17(14)18)24(21,22)15-5-3-2-4-6-15/h2-8,11,14H,9-10,12H2,1H3,(H2,19,20). The molecule has 0 amide bonds. The molecule has 1 unspecified atom stereocenters. The van der Waals surface area contributed by atoms with E-state index in [9.17, 15) is 8.42 Å². The summed E-state index contributed by atoms with van der Waals surface area (Å²) in [6.07, 6.45) is 0.842. The molecular formula is C18H20N2O3S. The molecule has 0 bridgehead atoms. The summed E-state index contributed by atoms with van der Waals surface area (Å²) in [5.74, 6) is 1.36. The molecule has 2 aromatic carbocycles. The Labute approximate surface area is 142 Å². The Kier molecular flexibility index (Phi) is 4.57. The molecule has 3 rings (SSSR count). The predicted octanol–water partition coefficient (Wildman–Crippen LogP) is 2.76. The fourth-order valence-electron chi connectivity index (χ4n) is 2.79. The van der Waals surface area contributed by atoms with Crippen LogP contribution >= 0.6 is 0 Å². The van der Waals surface area contributed by atoms with Crippen LogP contribution in [-0.4, -0.2) is 27.4 Å². The number of nitrogens with zero attached hydrogens (tertiary/aromatic N) is 1. The van der Waals surface area contributed by atoms with Crippen LogP contribution in [-0.2, 0) is 9.84 Å². The first kappa shape index (κ1) is 16.5. The van der Waals surface area contributed by atoms with Gasteiger partial charge in [0.2, 0.25) is 9.84 Å². The van der Waals surface area contributed by atoms with Gasteiger partial charge in [0.15, 0.2) is 0 Å². The van der Waals surface area contributed by atoms with E-state index in [2.05, 4.69) is 4.99 Å². The molecule has 0 spiro atoms. The van der Waals surface area contributed by atoms with Crippen LogP contribution in [0, 0.1) is 0 Å². The van der Waals surface area contributed by atoms with E-state index < -0.39 is 9.84 Å².